The minimum Gasteiger partial charge on any atom is -0.382 e. The monoisotopic (exact) mass is 338 g/mol. The molecular formula is C19H22N4O2. The summed E-state index contributed by atoms with van der Waals surface area (Å²) in [5.41, 5.74) is 3.60. The number of aromatic nitrogens is 3. The van der Waals surface area contributed by atoms with Crippen LogP contribution in [-0.2, 0) is 19.6 Å². The maximum atomic E-state index is 10.6. The minimum absolute atomic E-state index is 0.689. The maximum Gasteiger partial charge on any atom is 0.150 e. The van der Waals surface area contributed by atoms with Crippen molar-refractivity contribution in [3.05, 3.63) is 70.9 Å². The van der Waals surface area contributed by atoms with E-state index in [-0.39, 0.29) is 0 Å². The number of aliphatic hydroxyl groups is 1. The van der Waals surface area contributed by atoms with Crippen LogP contribution >= 0.6 is 0 Å². The molecule has 0 aliphatic carbocycles. The SMILES string of the molecule is Cc1cc(CN2CCCn3nc(C(O)c4ccccc4)cc3C2)on1. The number of fused-ring (bicyclic) bond motifs is 1. The molecule has 0 saturated heterocycles. The van der Waals surface area contributed by atoms with E-state index < -0.39 is 6.10 Å². The summed E-state index contributed by atoms with van der Waals surface area (Å²) in [5, 5.41) is 19.2. The average Bonchev–Trinajstić information content (AvgIpc) is 3.16. The van der Waals surface area contributed by atoms with Crippen molar-refractivity contribution in [3.63, 3.8) is 0 Å². The van der Waals surface area contributed by atoms with Crippen LogP contribution in [0.25, 0.3) is 0 Å². The number of hydrogen-bond acceptors (Lipinski definition) is 5. The molecule has 0 fully saturated rings. The van der Waals surface area contributed by atoms with Crippen molar-refractivity contribution in [2.24, 2.45) is 0 Å². The Labute approximate surface area is 146 Å². The van der Waals surface area contributed by atoms with Crippen LogP contribution in [0, 0.1) is 6.92 Å². The Morgan fingerprint density at radius 2 is 2.04 bits per heavy atom. The van der Waals surface area contributed by atoms with Crippen LogP contribution in [-0.4, -0.2) is 31.5 Å². The van der Waals surface area contributed by atoms with Crippen LogP contribution in [0.2, 0.25) is 0 Å². The van der Waals surface area contributed by atoms with Crippen LogP contribution in [0.1, 0.15) is 40.9 Å². The molecule has 1 unspecified atom stereocenters. The van der Waals surface area contributed by atoms with Gasteiger partial charge in [0.05, 0.1) is 23.6 Å². The molecule has 1 aromatic carbocycles. The number of hydrogen-bond donors (Lipinski definition) is 1. The van der Waals surface area contributed by atoms with Crippen LogP contribution in [0.5, 0.6) is 0 Å². The molecule has 6 nitrogen and oxygen atoms in total. The Bertz CT molecular complexity index is 840. The summed E-state index contributed by atoms with van der Waals surface area (Å²) in [4.78, 5) is 2.33. The molecule has 0 saturated carbocycles. The van der Waals surface area contributed by atoms with Gasteiger partial charge in [0.1, 0.15) is 6.10 Å². The molecule has 2 aromatic heterocycles. The Kier molecular flexibility index (Phi) is 4.38. The zero-order valence-corrected chi connectivity index (χ0v) is 14.3. The fraction of sp³-hybridized carbons (Fsp3) is 0.368. The van der Waals surface area contributed by atoms with Gasteiger partial charge >= 0.3 is 0 Å². The topological polar surface area (TPSA) is 67.3 Å². The summed E-state index contributed by atoms with van der Waals surface area (Å²) in [6, 6.07) is 13.7. The van der Waals surface area contributed by atoms with Crippen LogP contribution in [0.4, 0.5) is 0 Å². The van der Waals surface area contributed by atoms with E-state index in [1.807, 2.05) is 54.1 Å². The molecule has 1 atom stereocenters. The predicted molar refractivity (Wildman–Crippen MR) is 92.7 cm³/mol. The van der Waals surface area contributed by atoms with Gasteiger partial charge in [-0.05, 0) is 25.0 Å². The molecule has 1 aliphatic rings. The molecule has 1 aliphatic heterocycles. The zero-order valence-electron chi connectivity index (χ0n) is 14.3. The van der Waals surface area contributed by atoms with Gasteiger partial charge in [-0.3, -0.25) is 9.58 Å². The van der Waals surface area contributed by atoms with Crippen LogP contribution < -0.4 is 0 Å². The second-order valence-corrected chi connectivity index (χ2v) is 6.60. The van der Waals surface area contributed by atoms with E-state index in [9.17, 15) is 5.11 Å². The molecule has 1 N–H and O–H groups in total. The van der Waals surface area contributed by atoms with E-state index in [1.165, 1.54) is 0 Å². The summed E-state index contributed by atoms with van der Waals surface area (Å²) in [6.45, 7) is 5.31. The maximum absolute atomic E-state index is 10.6. The third-order valence-electron chi connectivity index (χ3n) is 4.56. The minimum atomic E-state index is -0.689. The van der Waals surface area contributed by atoms with Crippen molar-refractivity contribution in [1.82, 2.24) is 19.8 Å². The van der Waals surface area contributed by atoms with E-state index in [0.29, 0.717) is 5.69 Å². The number of aliphatic hydroxyl groups excluding tert-OH is 1. The van der Waals surface area contributed by atoms with Gasteiger partial charge in [-0.1, -0.05) is 35.5 Å². The van der Waals surface area contributed by atoms with Crippen molar-refractivity contribution in [2.75, 3.05) is 6.54 Å². The van der Waals surface area contributed by atoms with Gasteiger partial charge in [-0.2, -0.15) is 5.10 Å². The van der Waals surface area contributed by atoms with Gasteiger partial charge in [-0.15, -0.1) is 0 Å². The van der Waals surface area contributed by atoms with E-state index in [4.69, 9.17) is 4.52 Å². The molecule has 0 bridgehead atoms. The molecule has 0 spiro atoms. The van der Waals surface area contributed by atoms with Gasteiger partial charge in [0.25, 0.3) is 0 Å². The largest absolute Gasteiger partial charge is 0.382 e. The standard InChI is InChI=1S/C19H22N4O2/c1-14-10-17(25-21-14)13-22-8-5-9-23-16(12-22)11-18(20-23)19(24)15-6-3-2-4-7-15/h2-4,6-7,10-11,19,24H,5,8-9,12-13H2,1H3. The van der Waals surface area contributed by atoms with Gasteiger partial charge in [0, 0.05) is 25.7 Å². The highest BCUT2D eigenvalue weighted by Crippen LogP contribution is 2.24. The Hall–Kier alpha value is -2.44. The lowest BCUT2D eigenvalue weighted by Gasteiger charge is -2.17. The molecule has 3 aromatic rings. The van der Waals surface area contributed by atoms with Gasteiger partial charge < -0.3 is 9.63 Å². The number of nitrogens with zero attached hydrogens (tertiary/aromatic N) is 4. The molecule has 0 amide bonds. The molecular weight excluding hydrogens is 316 g/mol. The summed E-state index contributed by atoms with van der Waals surface area (Å²) in [6.07, 6.45) is 0.328. The lowest BCUT2D eigenvalue weighted by molar-refractivity contribution is 0.213. The lowest BCUT2D eigenvalue weighted by Crippen LogP contribution is -2.22. The fourth-order valence-corrected chi connectivity index (χ4v) is 3.34. The van der Waals surface area contributed by atoms with Crippen molar-refractivity contribution in [2.45, 2.75) is 39.1 Å². The Morgan fingerprint density at radius 1 is 1.20 bits per heavy atom. The zero-order chi connectivity index (χ0) is 17.2. The van der Waals surface area contributed by atoms with Crippen LogP contribution in [0.15, 0.2) is 47.0 Å². The van der Waals surface area contributed by atoms with E-state index in [0.717, 1.165) is 55.3 Å². The first-order valence-corrected chi connectivity index (χ1v) is 8.63. The summed E-state index contributed by atoms with van der Waals surface area (Å²) < 4.78 is 7.36. The van der Waals surface area contributed by atoms with Crippen LogP contribution in [0.3, 0.4) is 0 Å². The third kappa shape index (κ3) is 3.50. The van der Waals surface area contributed by atoms with E-state index in [1.54, 1.807) is 0 Å². The predicted octanol–water partition coefficient (Wildman–Crippen LogP) is 2.67. The number of benzene rings is 1. The fourth-order valence-electron chi connectivity index (χ4n) is 3.34. The summed E-state index contributed by atoms with van der Waals surface area (Å²) >= 11 is 0. The first-order chi connectivity index (χ1) is 12.2. The summed E-state index contributed by atoms with van der Waals surface area (Å²) in [5.74, 6) is 0.884. The second kappa shape index (κ2) is 6.82. The highest BCUT2D eigenvalue weighted by molar-refractivity contribution is 5.26. The quantitative estimate of drug-likeness (QED) is 0.792. The highest BCUT2D eigenvalue weighted by Gasteiger charge is 2.21. The van der Waals surface area contributed by atoms with Gasteiger partial charge in [0.15, 0.2) is 5.76 Å². The smallest absolute Gasteiger partial charge is 0.150 e. The van der Waals surface area contributed by atoms with Gasteiger partial charge in [-0.25, -0.2) is 0 Å². The highest BCUT2D eigenvalue weighted by atomic mass is 16.5. The van der Waals surface area contributed by atoms with Gasteiger partial charge in [0.2, 0.25) is 0 Å². The van der Waals surface area contributed by atoms with E-state index >= 15 is 0 Å². The molecule has 3 heterocycles. The molecule has 0 radical (unpaired) electrons. The first-order valence-electron chi connectivity index (χ1n) is 8.63. The normalized spacial score (nSPS) is 16.4. The van der Waals surface area contributed by atoms with Crippen molar-refractivity contribution in [1.29, 1.82) is 0 Å². The van der Waals surface area contributed by atoms with Crippen molar-refractivity contribution in [3.8, 4) is 0 Å². The van der Waals surface area contributed by atoms with Crippen molar-refractivity contribution >= 4 is 0 Å². The van der Waals surface area contributed by atoms with Crippen molar-refractivity contribution < 1.29 is 9.63 Å². The second-order valence-electron chi connectivity index (χ2n) is 6.60. The molecule has 6 heteroatoms. The Balaban J connectivity index is 1.52. The number of aryl methyl sites for hydroxylation is 2. The average molecular weight is 338 g/mol. The summed E-state index contributed by atoms with van der Waals surface area (Å²) in [7, 11) is 0. The lowest BCUT2D eigenvalue weighted by atomic mass is 10.1. The molecule has 25 heavy (non-hydrogen) atoms. The molecule has 4 rings (SSSR count). The molecule has 130 valence electrons. The Morgan fingerprint density at radius 3 is 2.80 bits per heavy atom. The number of rotatable bonds is 4. The van der Waals surface area contributed by atoms with E-state index in [2.05, 4.69) is 15.2 Å². The first kappa shape index (κ1) is 16.1. The third-order valence-corrected chi connectivity index (χ3v) is 4.56.